The van der Waals surface area contributed by atoms with Crippen LogP contribution in [0.1, 0.15) is 64.6 Å². The normalized spacial score (nSPS) is 23.3. The minimum atomic E-state index is -1.07. The van der Waals surface area contributed by atoms with Crippen LogP contribution in [0, 0.1) is 11.7 Å². The number of amides is 4. The van der Waals surface area contributed by atoms with E-state index in [0.717, 1.165) is 11.3 Å². The SMILES string of the molecule is C[C@]1(C2CCN(C(=O)c3coc4c3C(=O)CCC4)CC2)NC(=O)N(Cc2ccc(F)cc2)C1=O. The third kappa shape index (κ3) is 3.69. The van der Waals surface area contributed by atoms with Crippen molar-refractivity contribution in [1.29, 1.82) is 0 Å². The number of benzene rings is 1. The molecule has 1 aromatic heterocycles. The first-order valence-corrected chi connectivity index (χ1v) is 11.6. The van der Waals surface area contributed by atoms with Crippen molar-refractivity contribution < 1.29 is 28.0 Å². The molecule has 1 atom stereocenters. The van der Waals surface area contributed by atoms with Crippen LogP contribution in [-0.2, 0) is 17.8 Å². The molecule has 0 saturated carbocycles. The summed E-state index contributed by atoms with van der Waals surface area (Å²) in [5.74, 6) is -0.549. The fraction of sp³-hybridized carbons (Fsp3) is 0.440. The zero-order chi connectivity index (χ0) is 24.0. The van der Waals surface area contributed by atoms with Gasteiger partial charge >= 0.3 is 6.03 Å². The monoisotopic (exact) mass is 467 g/mol. The Hall–Kier alpha value is -3.49. The third-order valence-corrected chi connectivity index (χ3v) is 7.34. The molecule has 34 heavy (non-hydrogen) atoms. The summed E-state index contributed by atoms with van der Waals surface area (Å²) in [6.07, 6.45) is 4.26. The lowest BCUT2D eigenvalue weighted by Crippen LogP contribution is -2.54. The minimum absolute atomic E-state index is 0.0544. The van der Waals surface area contributed by atoms with Gasteiger partial charge in [0, 0.05) is 25.9 Å². The predicted molar refractivity (Wildman–Crippen MR) is 118 cm³/mol. The summed E-state index contributed by atoms with van der Waals surface area (Å²) in [5, 5.41) is 2.85. The smallest absolute Gasteiger partial charge is 0.325 e. The lowest BCUT2D eigenvalue weighted by Gasteiger charge is -2.38. The van der Waals surface area contributed by atoms with Crippen molar-refractivity contribution in [3.05, 3.63) is 58.8 Å². The Labute approximate surface area is 196 Å². The number of carbonyl (C=O) groups is 4. The van der Waals surface area contributed by atoms with Gasteiger partial charge in [-0.2, -0.15) is 0 Å². The summed E-state index contributed by atoms with van der Waals surface area (Å²) in [4.78, 5) is 54.2. The van der Waals surface area contributed by atoms with Gasteiger partial charge in [-0.1, -0.05) is 12.1 Å². The number of urea groups is 1. The maximum absolute atomic E-state index is 13.2. The maximum atomic E-state index is 13.2. The van der Waals surface area contributed by atoms with Gasteiger partial charge in [0.15, 0.2) is 5.78 Å². The molecule has 1 aromatic carbocycles. The average Bonchev–Trinajstić information content (AvgIpc) is 3.36. The van der Waals surface area contributed by atoms with Crippen molar-refractivity contribution in [1.82, 2.24) is 15.1 Å². The second-order valence-corrected chi connectivity index (χ2v) is 9.44. The van der Waals surface area contributed by atoms with Crippen molar-refractivity contribution >= 4 is 23.6 Å². The molecule has 0 radical (unpaired) electrons. The fourth-order valence-electron chi connectivity index (χ4n) is 5.32. The largest absolute Gasteiger partial charge is 0.468 e. The molecule has 1 aliphatic carbocycles. The quantitative estimate of drug-likeness (QED) is 0.696. The molecule has 2 aliphatic heterocycles. The molecular formula is C25H26FN3O5. The molecule has 178 valence electrons. The van der Waals surface area contributed by atoms with Crippen molar-refractivity contribution in [3.63, 3.8) is 0 Å². The minimum Gasteiger partial charge on any atom is -0.468 e. The molecule has 2 fully saturated rings. The molecule has 8 nitrogen and oxygen atoms in total. The van der Waals surface area contributed by atoms with Crippen LogP contribution in [0.3, 0.4) is 0 Å². The molecule has 2 aromatic rings. The summed E-state index contributed by atoms with van der Waals surface area (Å²) in [6, 6.07) is 5.22. The summed E-state index contributed by atoms with van der Waals surface area (Å²) in [7, 11) is 0. The number of aryl methyl sites for hydroxylation is 1. The number of nitrogens with one attached hydrogen (secondary N) is 1. The topological polar surface area (TPSA) is 99.9 Å². The number of fused-ring (bicyclic) bond motifs is 1. The van der Waals surface area contributed by atoms with Crippen LogP contribution in [0.15, 0.2) is 34.9 Å². The summed E-state index contributed by atoms with van der Waals surface area (Å²) < 4.78 is 18.7. The van der Waals surface area contributed by atoms with Gasteiger partial charge in [0.2, 0.25) is 0 Å². The highest BCUT2D eigenvalue weighted by molar-refractivity contribution is 6.09. The molecule has 3 heterocycles. The number of piperidine rings is 1. The lowest BCUT2D eigenvalue weighted by molar-refractivity contribution is -0.133. The zero-order valence-corrected chi connectivity index (χ0v) is 18.9. The fourth-order valence-corrected chi connectivity index (χ4v) is 5.32. The van der Waals surface area contributed by atoms with E-state index in [4.69, 9.17) is 4.42 Å². The molecule has 0 bridgehead atoms. The van der Waals surface area contributed by atoms with E-state index in [9.17, 15) is 23.6 Å². The van der Waals surface area contributed by atoms with Crippen LogP contribution in [0.5, 0.6) is 0 Å². The van der Waals surface area contributed by atoms with Crippen molar-refractivity contribution in [3.8, 4) is 0 Å². The highest BCUT2D eigenvalue weighted by Gasteiger charge is 2.53. The molecule has 5 rings (SSSR count). The molecule has 9 heteroatoms. The standard InChI is InChI=1S/C25H26FN3O5/c1-25(23(32)29(24(33)27-25)13-15-5-7-17(26)8-6-15)16-9-11-28(12-10-16)22(31)18-14-34-20-4-2-3-19(30)21(18)20/h5-8,14,16H,2-4,9-13H2,1H3,(H,27,33)/t25-/m1/s1. The molecule has 1 N–H and O–H groups in total. The molecule has 0 spiro atoms. The van der Waals surface area contributed by atoms with E-state index >= 15 is 0 Å². The number of imide groups is 1. The Morgan fingerprint density at radius 3 is 2.56 bits per heavy atom. The third-order valence-electron chi connectivity index (χ3n) is 7.34. The number of furan rings is 1. The van der Waals surface area contributed by atoms with Crippen LogP contribution < -0.4 is 5.32 Å². The summed E-state index contributed by atoms with van der Waals surface area (Å²) >= 11 is 0. The first kappa shape index (κ1) is 22.3. The number of rotatable bonds is 4. The van der Waals surface area contributed by atoms with E-state index in [1.165, 1.54) is 18.4 Å². The Balaban J connectivity index is 1.25. The van der Waals surface area contributed by atoms with Crippen LogP contribution in [0.2, 0.25) is 0 Å². The van der Waals surface area contributed by atoms with Gasteiger partial charge in [0.05, 0.1) is 17.7 Å². The van der Waals surface area contributed by atoms with Gasteiger partial charge in [0.1, 0.15) is 23.4 Å². The van der Waals surface area contributed by atoms with E-state index in [-0.39, 0.29) is 35.9 Å². The number of nitrogens with zero attached hydrogens (tertiary/aromatic N) is 2. The van der Waals surface area contributed by atoms with Crippen LogP contribution in [0.25, 0.3) is 0 Å². The highest BCUT2D eigenvalue weighted by atomic mass is 19.1. The number of Topliss-reactive ketones (excluding diaryl/α,β-unsaturated/α-hetero) is 1. The van der Waals surface area contributed by atoms with Crippen LogP contribution in [-0.4, -0.2) is 52.1 Å². The highest BCUT2D eigenvalue weighted by Crippen LogP contribution is 2.35. The predicted octanol–water partition coefficient (Wildman–Crippen LogP) is 3.30. The van der Waals surface area contributed by atoms with E-state index in [2.05, 4.69) is 5.32 Å². The number of ketones is 1. The van der Waals surface area contributed by atoms with E-state index in [1.807, 2.05) is 0 Å². The van der Waals surface area contributed by atoms with E-state index in [0.29, 0.717) is 61.2 Å². The molecule has 2 saturated heterocycles. The first-order valence-electron chi connectivity index (χ1n) is 11.6. The second kappa shape index (κ2) is 8.38. The molecule has 0 unspecified atom stereocenters. The van der Waals surface area contributed by atoms with Gasteiger partial charge in [-0.25, -0.2) is 9.18 Å². The molecule has 4 amide bonds. The Morgan fingerprint density at radius 1 is 1.15 bits per heavy atom. The van der Waals surface area contributed by atoms with Crippen LogP contribution >= 0.6 is 0 Å². The Morgan fingerprint density at radius 2 is 1.85 bits per heavy atom. The van der Waals surface area contributed by atoms with Gasteiger partial charge < -0.3 is 14.6 Å². The maximum Gasteiger partial charge on any atom is 0.325 e. The number of carbonyl (C=O) groups excluding carboxylic acids is 4. The van der Waals surface area contributed by atoms with Crippen molar-refractivity contribution in [2.45, 2.75) is 51.1 Å². The number of likely N-dealkylation sites (tertiary alicyclic amines) is 1. The van der Waals surface area contributed by atoms with Gasteiger partial charge in [-0.15, -0.1) is 0 Å². The molecular weight excluding hydrogens is 441 g/mol. The number of hydrogen-bond donors (Lipinski definition) is 1. The van der Waals surface area contributed by atoms with E-state index in [1.54, 1.807) is 24.0 Å². The van der Waals surface area contributed by atoms with Gasteiger partial charge in [-0.05, 0) is 49.8 Å². The Bertz CT molecular complexity index is 1170. The van der Waals surface area contributed by atoms with Crippen molar-refractivity contribution in [2.24, 2.45) is 5.92 Å². The molecule has 3 aliphatic rings. The van der Waals surface area contributed by atoms with Gasteiger partial charge in [-0.3, -0.25) is 19.3 Å². The number of halogens is 1. The first-order chi connectivity index (χ1) is 16.3. The van der Waals surface area contributed by atoms with Gasteiger partial charge in [0.25, 0.3) is 11.8 Å². The summed E-state index contributed by atoms with van der Waals surface area (Å²) in [5.41, 5.74) is 0.324. The second-order valence-electron chi connectivity index (χ2n) is 9.44. The van der Waals surface area contributed by atoms with E-state index < -0.39 is 11.6 Å². The number of hydrogen-bond acceptors (Lipinski definition) is 5. The average molecular weight is 467 g/mol. The lowest BCUT2D eigenvalue weighted by atomic mass is 9.78. The summed E-state index contributed by atoms with van der Waals surface area (Å²) in [6.45, 7) is 2.62. The van der Waals surface area contributed by atoms with Crippen LogP contribution in [0.4, 0.5) is 9.18 Å². The van der Waals surface area contributed by atoms with Crippen molar-refractivity contribution in [2.75, 3.05) is 13.1 Å². The Kier molecular flexibility index (Phi) is 5.50. The zero-order valence-electron chi connectivity index (χ0n) is 18.9.